The maximum absolute atomic E-state index is 10.8. The number of nitrogens with one attached hydrogen (secondary N) is 1. The van der Waals surface area contributed by atoms with Crippen LogP contribution in [0.5, 0.6) is 0 Å². The quantitative estimate of drug-likeness (QED) is 0.504. The Morgan fingerprint density at radius 1 is 1.70 bits per heavy atom. The molecule has 0 aliphatic rings. The van der Waals surface area contributed by atoms with E-state index in [1.54, 1.807) is 0 Å². The maximum atomic E-state index is 10.8. The molecule has 3 N–H and O–H groups in total. The molecule has 0 fully saturated rings. The molecular weight excluding hydrogens is 196 g/mol. The normalized spacial score (nSPS) is 9.00. The number of carbonyl (C=O) groups excluding carboxylic acids is 1. The second-order valence-electron chi connectivity index (χ2n) is 1.78. The average Bonchev–Trinajstić information content (AvgIpc) is 1.98. The van der Waals surface area contributed by atoms with Gasteiger partial charge in [0.1, 0.15) is 0 Å². The van der Waals surface area contributed by atoms with Gasteiger partial charge in [-0.25, -0.2) is 0 Å². The van der Waals surface area contributed by atoms with Gasteiger partial charge < -0.3 is 11.1 Å². The van der Waals surface area contributed by atoms with Gasteiger partial charge in [0.15, 0.2) is 0 Å². The predicted molar refractivity (Wildman–Crippen MR) is 45.0 cm³/mol. The fraction of sp³-hybridized carbons (Fsp3) is 0.500. The van der Waals surface area contributed by atoms with Crippen LogP contribution in [-0.4, -0.2) is 24.3 Å². The molecule has 0 aromatic heterocycles. The average molecular weight is 207 g/mol. The lowest BCUT2D eigenvalue weighted by atomic mass is 10.3. The highest BCUT2D eigenvalue weighted by atomic mass is 79.9. The van der Waals surface area contributed by atoms with Crippen molar-refractivity contribution in [3.63, 3.8) is 0 Å². The molecule has 0 spiro atoms. The Morgan fingerprint density at radius 2 is 2.30 bits per heavy atom. The van der Waals surface area contributed by atoms with E-state index in [0.29, 0.717) is 24.0 Å². The third kappa shape index (κ3) is 3.63. The van der Waals surface area contributed by atoms with Crippen LogP contribution < -0.4 is 11.1 Å². The minimum absolute atomic E-state index is 0.137. The van der Waals surface area contributed by atoms with Gasteiger partial charge in [-0.1, -0.05) is 22.5 Å². The van der Waals surface area contributed by atoms with Crippen LogP contribution >= 0.6 is 15.9 Å². The highest BCUT2D eigenvalue weighted by molar-refractivity contribution is 9.09. The second-order valence-corrected chi connectivity index (χ2v) is 2.34. The largest absolute Gasteiger partial charge is 0.351 e. The molecule has 0 heterocycles. The predicted octanol–water partition coefficient (Wildman–Crippen LogP) is 0.0124. The Bertz CT molecular complexity index is 136. The van der Waals surface area contributed by atoms with Gasteiger partial charge in [-0.2, -0.15) is 0 Å². The van der Waals surface area contributed by atoms with Crippen LogP contribution in [0.3, 0.4) is 0 Å². The topological polar surface area (TPSA) is 55.1 Å². The van der Waals surface area contributed by atoms with Gasteiger partial charge in [0.05, 0.1) is 0 Å². The number of rotatable bonds is 4. The lowest BCUT2D eigenvalue weighted by molar-refractivity contribution is -0.117. The van der Waals surface area contributed by atoms with Crippen molar-refractivity contribution in [3.8, 4) is 0 Å². The number of hydrogen-bond acceptors (Lipinski definition) is 2. The fourth-order valence-electron chi connectivity index (χ4n) is 0.371. The van der Waals surface area contributed by atoms with Crippen molar-refractivity contribution in [2.75, 3.05) is 18.4 Å². The summed E-state index contributed by atoms with van der Waals surface area (Å²) >= 11 is 3.12. The van der Waals surface area contributed by atoms with Crippen LogP contribution in [0.15, 0.2) is 12.2 Å². The van der Waals surface area contributed by atoms with E-state index in [4.69, 9.17) is 5.73 Å². The fourth-order valence-corrected chi connectivity index (χ4v) is 0.626. The molecule has 10 heavy (non-hydrogen) atoms. The van der Waals surface area contributed by atoms with Crippen molar-refractivity contribution in [2.24, 2.45) is 5.73 Å². The minimum Gasteiger partial charge on any atom is -0.351 e. The lowest BCUT2D eigenvalue weighted by Crippen LogP contribution is -2.30. The molecule has 0 unspecified atom stereocenters. The van der Waals surface area contributed by atoms with Gasteiger partial charge in [0.25, 0.3) is 0 Å². The van der Waals surface area contributed by atoms with Crippen molar-refractivity contribution < 1.29 is 4.79 Å². The van der Waals surface area contributed by atoms with Crippen LogP contribution in [-0.2, 0) is 4.79 Å². The molecule has 0 rings (SSSR count). The minimum atomic E-state index is -0.137. The Kier molecular flexibility index (Phi) is 5.25. The first-order chi connectivity index (χ1) is 4.72. The van der Waals surface area contributed by atoms with Crippen molar-refractivity contribution in [2.45, 2.75) is 0 Å². The smallest absolute Gasteiger partial charge is 0.247 e. The van der Waals surface area contributed by atoms with Crippen LogP contribution in [0.4, 0.5) is 0 Å². The lowest BCUT2D eigenvalue weighted by Gasteiger charge is -2.01. The van der Waals surface area contributed by atoms with Crippen LogP contribution in [0.25, 0.3) is 0 Å². The molecule has 1 amide bonds. The number of nitrogens with two attached hydrogens (primary N) is 1. The third-order valence-corrected chi connectivity index (χ3v) is 1.59. The first-order valence-corrected chi connectivity index (χ1v) is 4.06. The van der Waals surface area contributed by atoms with E-state index in [-0.39, 0.29) is 5.91 Å². The van der Waals surface area contributed by atoms with Crippen molar-refractivity contribution in [1.82, 2.24) is 5.32 Å². The summed E-state index contributed by atoms with van der Waals surface area (Å²) in [5, 5.41) is 3.09. The van der Waals surface area contributed by atoms with Gasteiger partial charge in [-0.15, -0.1) is 0 Å². The summed E-state index contributed by atoms with van der Waals surface area (Å²) in [6.07, 6.45) is 0. The van der Waals surface area contributed by atoms with Gasteiger partial charge >= 0.3 is 0 Å². The summed E-state index contributed by atoms with van der Waals surface area (Å²) in [6.45, 7) is 4.49. The number of carbonyl (C=O) groups is 1. The van der Waals surface area contributed by atoms with Crippen molar-refractivity contribution in [3.05, 3.63) is 12.2 Å². The van der Waals surface area contributed by atoms with E-state index in [1.165, 1.54) is 0 Å². The summed E-state index contributed by atoms with van der Waals surface area (Å²) < 4.78 is 0. The molecule has 0 radical (unpaired) electrons. The zero-order valence-electron chi connectivity index (χ0n) is 5.69. The molecule has 58 valence electrons. The Balaban J connectivity index is 3.52. The third-order valence-electron chi connectivity index (χ3n) is 0.912. The number of halogens is 1. The van der Waals surface area contributed by atoms with Crippen LogP contribution in [0.2, 0.25) is 0 Å². The molecule has 0 atom stereocenters. The summed E-state index contributed by atoms with van der Waals surface area (Å²) in [4.78, 5) is 10.8. The van der Waals surface area contributed by atoms with Crippen LogP contribution in [0, 0.1) is 0 Å². The van der Waals surface area contributed by atoms with E-state index in [0.717, 1.165) is 0 Å². The van der Waals surface area contributed by atoms with Crippen LogP contribution in [0.1, 0.15) is 0 Å². The van der Waals surface area contributed by atoms with Gasteiger partial charge in [0.2, 0.25) is 5.91 Å². The first kappa shape index (κ1) is 9.65. The second kappa shape index (κ2) is 5.44. The molecule has 0 saturated heterocycles. The molecule has 0 bridgehead atoms. The van der Waals surface area contributed by atoms with Crippen molar-refractivity contribution >= 4 is 21.8 Å². The molecule has 0 saturated carbocycles. The number of hydrogen-bond donors (Lipinski definition) is 2. The highest BCUT2D eigenvalue weighted by Crippen LogP contribution is 1.94. The van der Waals surface area contributed by atoms with Crippen molar-refractivity contribution in [1.29, 1.82) is 0 Å². The highest BCUT2D eigenvalue weighted by Gasteiger charge is 2.01. The van der Waals surface area contributed by atoms with Gasteiger partial charge in [-0.3, -0.25) is 4.79 Å². The molecule has 4 heteroatoms. The van der Waals surface area contributed by atoms with E-state index >= 15 is 0 Å². The van der Waals surface area contributed by atoms with E-state index < -0.39 is 0 Å². The number of alkyl halides is 1. The molecule has 0 aromatic rings. The van der Waals surface area contributed by atoms with Gasteiger partial charge in [-0.05, 0) is 0 Å². The molecule has 0 aliphatic heterocycles. The molecule has 0 aromatic carbocycles. The summed E-state index contributed by atoms with van der Waals surface area (Å²) in [5.74, 6) is -0.137. The molecule has 0 aliphatic carbocycles. The monoisotopic (exact) mass is 206 g/mol. The zero-order chi connectivity index (χ0) is 7.98. The number of amides is 1. The van der Waals surface area contributed by atoms with E-state index in [2.05, 4.69) is 27.8 Å². The maximum Gasteiger partial charge on any atom is 0.247 e. The SMILES string of the molecule is C=C(CBr)C(=O)NCCN. The van der Waals surface area contributed by atoms with E-state index in [9.17, 15) is 4.79 Å². The summed E-state index contributed by atoms with van der Waals surface area (Å²) in [5.41, 5.74) is 5.68. The van der Waals surface area contributed by atoms with E-state index in [1.807, 2.05) is 0 Å². The summed E-state index contributed by atoms with van der Waals surface area (Å²) in [6, 6.07) is 0. The Hall–Kier alpha value is -0.350. The molecule has 3 nitrogen and oxygen atoms in total. The Labute approximate surface area is 68.8 Å². The molecular formula is C6H11BrN2O. The summed E-state index contributed by atoms with van der Waals surface area (Å²) in [7, 11) is 0. The standard InChI is InChI=1S/C6H11BrN2O/c1-5(4-7)6(10)9-3-2-8/h1-4,8H2,(H,9,10). The Morgan fingerprint density at radius 3 is 2.70 bits per heavy atom. The van der Waals surface area contributed by atoms with Gasteiger partial charge in [0, 0.05) is 24.0 Å². The first-order valence-electron chi connectivity index (χ1n) is 2.94. The zero-order valence-corrected chi connectivity index (χ0v) is 7.28.